The lowest BCUT2D eigenvalue weighted by molar-refractivity contribution is 0.627. The zero-order valence-corrected chi connectivity index (χ0v) is 12.2. The molecule has 1 atom stereocenters. The van der Waals surface area contributed by atoms with Gasteiger partial charge in [0.2, 0.25) is 0 Å². The number of anilines is 1. The van der Waals surface area contributed by atoms with Crippen molar-refractivity contribution in [1.29, 1.82) is 0 Å². The summed E-state index contributed by atoms with van der Waals surface area (Å²) >= 11 is 0. The highest BCUT2D eigenvalue weighted by atomic mass is 14.9. The van der Waals surface area contributed by atoms with E-state index in [9.17, 15) is 0 Å². The summed E-state index contributed by atoms with van der Waals surface area (Å²) in [6, 6.07) is 19.3. The molecule has 1 unspecified atom stereocenters. The summed E-state index contributed by atoms with van der Waals surface area (Å²) in [4.78, 5) is 0. The minimum atomic E-state index is 0.227. The molecule has 0 saturated heterocycles. The standard InChI is InChI=1S/C18H24N2/c1-2-8-17(19)14-20-18-12-7-6-11-16(18)13-15-9-4-3-5-10-15/h3-7,9-12,17,20H,2,8,13-14,19H2,1H3. The van der Waals surface area contributed by atoms with Crippen LogP contribution in [0.5, 0.6) is 0 Å². The van der Waals surface area contributed by atoms with E-state index in [0.29, 0.717) is 0 Å². The Hall–Kier alpha value is -1.80. The van der Waals surface area contributed by atoms with Crippen molar-refractivity contribution in [3.05, 3.63) is 65.7 Å². The second-order valence-corrected chi connectivity index (χ2v) is 5.25. The van der Waals surface area contributed by atoms with Gasteiger partial charge < -0.3 is 11.1 Å². The van der Waals surface area contributed by atoms with Crippen molar-refractivity contribution in [2.45, 2.75) is 32.2 Å². The van der Waals surface area contributed by atoms with E-state index in [1.807, 2.05) is 0 Å². The maximum absolute atomic E-state index is 6.07. The van der Waals surface area contributed by atoms with Gasteiger partial charge in [-0.2, -0.15) is 0 Å². The van der Waals surface area contributed by atoms with Crippen LogP contribution < -0.4 is 11.1 Å². The molecule has 3 N–H and O–H groups in total. The minimum absolute atomic E-state index is 0.227. The molecule has 2 heteroatoms. The Morgan fingerprint density at radius 3 is 2.45 bits per heavy atom. The number of nitrogens with one attached hydrogen (secondary N) is 1. The lowest BCUT2D eigenvalue weighted by Gasteiger charge is -2.16. The van der Waals surface area contributed by atoms with Crippen molar-refractivity contribution in [3.8, 4) is 0 Å². The van der Waals surface area contributed by atoms with E-state index in [0.717, 1.165) is 25.8 Å². The summed E-state index contributed by atoms with van der Waals surface area (Å²) in [6.07, 6.45) is 3.15. The van der Waals surface area contributed by atoms with Crippen LogP contribution in [0.3, 0.4) is 0 Å². The number of hydrogen-bond donors (Lipinski definition) is 2. The minimum Gasteiger partial charge on any atom is -0.383 e. The van der Waals surface area contributed by atoms with Gasteiger partial charge in [0.1, 0.15) is 0 Å². The first-order valence-corrected chi connectivity index (χ1v) is 7.41. The molecular formula is C18H24N2. The quantitative estimate of drug-likeness (QED) is 0.801. The zero-order chi connectivity index (χ0) is 14.2. The lowest BCUT2D eigenvalue weighted by atomic mass is 10.0. The Labute approximate surface area is 122 Å². The second-order valence-electron chi connectivity index (χ2n) is 5.25. The SMILES string of the molecule is CCCC(N)CNc1ccccc1Cc1ccccc1. The molecule has 0 aliphatic heterocycles. The van der Waals surface area contributed by atoms with E-state index in [-0.39, 0.29) is 6.04 Å². The van der Waals surface area contributed by atoms with Crippen molar-refractivity contribution in [2.24, 2.45) is 5.73 Å². The first-order valence-electron chi connectivity index (χ1n) is 7.41. The molecular weight excluding hydrogens is 244 g/mol. The molecule has 0 heterocycles. The molecule has 0 aliphatic carbocycles. The maximum atomic E-state index is 6.07. The first kappa shape index (κ1) is 14.6. The van der Waals surface area contributed by atoms with Crippen molar-refractivity contribution >= 4 is 5.69 Å². The highest BCUT2D eigenvalue weighted by molar-refractivity contribution is 5.52. The van der Waals surface area contributed by atoms with Crippen molar-refractivity contribution in [3.63, 3.8) is 0 Å². The third-order valence-electron chi connectivity index (χ3n) is 3.47. The average molecular weight is 268 g/mol. The molecule has 2 rings (SSSR count). The van der Waals surface area contributed by atoms with E-state index in [1.54, 1.807) is 0 Å². The van der Waals surface area contributed by atoms with Crippen LogP contribution in [0.1, 0.15) is 30.9 Å². The lowest BCUT2D eigenvalue weighted by Crippen LogP contribution is -2.29. The fourth-order valence-electron chi connectivity index (χ4n) is 2.38. The molecule has 0 saturated carbocycles. The number of benzene rings is 2. The fraction of sp³-hybridized carbons (Fsp3) is 0.333. The number of hydrogen-bond acceptors (Lipinski definition) is 2. The van der Waals surface area contributed by atoms with Crippen LogP contribution in [0, 0.1) is 0 Å². The molecule has 2 aromatic carbocycles. The Balaban J connectivity index is 2.02. The smallest absolute Gasteiger partial charge is 0.0376 e. The largest absolute Gasteiger partial charge is 0.383 e. The molecule has 0 spiro atoms. The van der Waals surface area contributed by atoms with Crippen molar-refractivity contribution < 1.29 is 0 Å². The van der Waals surface area contributed by atoms with Gasteiger partial charge in [0.25, 0.3) is 0 Å². The normalized spacial score (nSPS) is 12.1. The van der Waals surface area contributed by atoms with E-state index in [4.69, 9.17) is 5.73 Å². The molecule has 0 radical (unpaired) electrons. The molecule has 0 aliphatic rings. The molecule has 106 valence electrons. The highest BCUT2D eigenvalue weighted by Gasteiger charge is 2.05. The molecule has 2 nitrogen and oxygen atoms in total. The van der Waals surface area contributed by atoms with Crippen molar-refractivity contribution in [2.75, 3.05) is 11.9 Å². The summed E-state index contributed by atoms with van der Waals surface area (Å²) < 4.78 is 0. The van der Waals surface area contributed by atoms with Crippen molar-refractivity contribution in [1.82, 2.24) is 0 Å². The predicted molar refractivity (Wildman–Crippen MR) is 87.1 cm³/mol. The van der Waals surface area contributed by atoms with E-state index < -0.39 is 0 Å². The number of para-hydroxylation sites is 1. The first-order chi connectivity index (χ1) is 9.79. The van der Waals surface area contributed by atoms with Gasteiger partial charge in [-0.15, -0.1) is 0 Å². The summed E-state index contributed by atoms with van der Waals surface area (Å²) in [6.45, 7) is 3.00. The highest BCUT2D eigenvalue weighted by Crippen LogP contribution is 2.19. The van der Waals surface area contributed by atoms with Gasteiger partial charge in [-0.25, -0.2) is 0 Å². The maximum Gasteiger partial charge on any atom is 0.0376 e. The Kier molecular flexibility index (Phi) is 5.63. The number of nitrogens with two attached hydrogens (primary N) is 1. The van der Waals surface area contributed by atoms with Gasteiger partial charge in [-0.05, 0) is 30.0 Å². The van der Waals surface area contributed by atoms with E-state index >= 15 is 0 Å². The Bertz CT molecular complexity index is 508. The zero-order valence-electron chi connectivity index (χ0n) is 12.2. The van der Waals surface area contributed by atoms with Gasteiger partial charge in [-0.3, -0.25) is 0 Å². The molecule has 0 amide bonds. The van der Waals surface area contributed by atoms with Gasteiger partial charge in [0.15, 0.2) is 0 Å². The average Bonchev–Trinajstić information content (AvgIpc) is 2.48. The summed E-state index contributed by atoms with van der Waals surface area (Å²) in [7, 11) is 0. The fourth-order valence-corrected chi connectivity index (χ4v) is 2.38. The number of rotatable bonds is 7. The van der Waals surface area contributed by atoms with Gasteiger partial charge >= 0.3 is 0 Å². The van der Waals surface area contributed by atoms with Gasteiger partial charge in [0, 0.05) is 18.3 Å². The van der Waals surface area contributed by atoms with Crippen LogP contribution in [-0.4, -0.2) is 12.6 Å². The summed E-state index contributed by atoms with van der Waals surface area (Å²) in [5.41, 5.74) is 9.92. The second kappa shape index (κ2) is 7.71. The Morgan fingerprint density at radius 2 is 1.70 bits per heavy atom. The van der Waals surface area contributed by atoms with Gasteiger partial charge in [-0.1, -0.05) is 61.9 Å². The molecule has 0 aromatic heterocycles. The monoisotopic (exact) mass is 268 g/mol. The van der Waals surface area contributed by atoms with Crippen LogP contribution in [0.25, 0.3) is 0 Å². The van der Waals surface area contributed by atoms with E-state index in [2.05, 4.69) is 66.8 Å². The van der Waals surface area contributed by atoms with Crippen LogP contribution in [0.2, 0.25) is 0 Å². The predicted octanol–water partition coefficient (Wildman–Crippen LogP) is 3.82. The molecule has 20 heavy (non-hydrogen) atoms. The topological polar surface area (TPSA) is 38.0 Å². The van der Waals surface area contributed by atoms with Crippen LogP contribution in [0.15, 0.2) is 54.6 Å². The molecule has 0 bridgehead atoms. The van der Waals surface area contributed by atoms with E-state index in [1.165, 1.54) is 16.8 Å². The molecule has 0 fully saturated rings. The van der Waals surface area contributed by atoms with Crippen LogP contribution in [-0.2, 0) is 6.42 Å². The summed E-state index contributed by atoms with van der Waals surface area (Å²) in [5, 5.41) is 3.49. The Morgan fingerprint density at radius 1 is 1.00 bits per heavy atom. The van der Waals surface area contributed by atoms with Crippen LogP contribution in [0.4, 0.5) is 5.69 Å². The molecule has 2 aromatic rings. The van der Waals surface area contributed by atoms with Crippen LogP contribution >= 0.6 is 0 Å². The van der Waals surface area contributed by atoms with Gasteiger partial charge in [0.05, 0.1) is 0 Å². The third-order valence-corrected chi connectivity index (χ3v) is 3.47. The third kappa shape index (κ3) is 4.39. The summed E-state index contributed by atoms with van der Waals surface area (Å²) in [5.74, 6) is 0.